The summed E-state index contributed by atoms with van der Waals surface area (Å²) in [5.74, 6) is -1.03. The Morgan fingerprint density at radius 3 is 2.53 bits per heavy atom. The summed E-state index contributed by atoms with van der Waals surface area (Å²) in [5, 5.41) is 4.06. The van der Waals surface area contributed by atoms with Crippen molar-refractivity contribution in [3.05, 3.63) is 116 Å². The second kappa shape index (κ2) is 10.4. The predicted octanol–water partition coefficient (Wildman–Crippen LogP) is 4.57. The number of pyridine rings is 1. The molecule has 0 spiro atoms. The molecular formula is C27H23ClN2O4. The number of halogens is 1. The first-order chi connectivity index (χ1) is 16.4. The van der Waals surface area contributed by atoms with Crippen LogP contribution in [0.3, 0.4) is 0 Å². The Morgan fingerprint density at radius 2 is 1.76 bits per heavy atom. The molecule has 0 saturated carbocycles. The molecule has 0 radical (unpaired) electrons. The van der Waals surface area contributed by atoms with E-state index in [2.05, 4.69) is 10.3 Å². The lowest BCUT2D eigenvalue weighted by atomic mass is 10.0. The van der Waals surface area contributed by atoms with Gasteiger partial charge < -0.3 is 15.0 Å². The number of hydrogen-bond donors (Lipinski definition) is 2. The van der Waals surface area contributed by atoms with E-state index >= 15 is 0 Å². The lowest BCUT2D eigenvalue weighted by Gasteiger charge is -2.19. The summed E-state index contributed by atoms with van der Waals surface area (Å²) in [6.45, 7) is 2.03. The third-order valence-electron chi connectivity index (χ3n) is 5.42. The van der Waals surface area contributed by atoms with Gasteiger partial charge in [0.2, 0.25) is 5.56 Å². The van der Waals surface area contributed by atoms with Crippen LogP contribution in [0.15, 0.2) is 83.7 Å². The van der Waals surface area contributed by atoms with Crippen LogP contribution in [0, 0.1) is 6.92 Å². The summed E-state index contributed by atoms with van der Waals surface area (Å²) in [6.07, 6.45) is 0.0937. The van der Waals surface area contributed by atoms with Gasteiger partial charge in [-0.15, -0.1) is 0 Å². The van der Waals surface area contributed by atoms with Gasteiger partial charge in [0.05, 0.1) is 0 Å². The van der Waals surface area contributed by atoms with Gasteiger partial charge in [0.15, 0.2) is 0 Å². The Balaban J connectivity index is 1.60. The molecular weight excluding hydrogens is 452 g/mol. The number of nitrogens with one attached hydrogen (secondary N) is 2. The van der Waals surface area contributed by atoms with Gasteiger partial charge in [-0.1, -0.05) is 59.6 Å². The highest BCUT2D eigenvalue weighted by Gasteiger charge is 2.25. The van der Waals surface area contributed by atoms with Gasteiger partial charge in [-0.2, -0.15) is 0 Å². The fourth-order valence-corrected chi connectivity index (χ4v) is 3.88. The van der Waals surface area contributed by atoms with Gasteiger partial charge in [-0.3, -0.25) is 9.59 Å². The Kier molecular flexibility index (Phi) is 7.09. The minimum atomic E-state index is -1.00. The molecule has 34 heavy (non-hydrogen) atoms. The molecule has 0 saturated heterocycles. The maximum atomic E-state index is 13.1. The van der Waals surface area contributed by atoms with Crippen molar-refractivity contribution >= 4 is 34.4 Å². The van der Waals surface area contributed by atoms with Gasteiger partial charge in [-0.25, -0.2) is 4.79 Å². The molecule has 2 N–H and O–H groups in total. The first-order valence-corrected chi connectivity index (χ1v) is 11.2. The number of benzene rings is 3. The van der Waals surface area contributed by atoms with Gasteiger partial charge in [0.25, 0.3) is 5.91 Å². The van der Waals surface area contributed by atoms with E-state index in [1.807, 2.05) is 49.4 Å². The lowest BCUT2D eigenvalue weighted by molar-refractivity contribution is -0.147. The number of H-pyrrole nitrogens is 1. The van der Waals surface area contributed by atoms with E-state index in [-0.39, 0.29) is 18.6 Å². The molecule has 0 aliphatic heterocycles. The van der Waals surface area contributed by atoms with Crippen LogP contribution in [0.4, 0.5) is 0 Å². The summed E-state index contributed by atoms with van der Waals surface area (Å²) in [5.41, 5.74) is 3.25. The van der Waals surface area contributed by atoms with Gasteiger partial charge in [-0.05, 0) is 48.4 Å². The van der Waals surface area contributed by atoms with Gasteiger partial charge in [0, 0.05) is 34.0 Å². The summed E-state index contributed by atoms with van der Waals surface area (Å²) in [7, 11) is 0. The average Bonchev–Trinajstić information content (AvgIpc) is 2.82. The number of fused-ring (bicyclic) bond motifs is 1. The molecule has 1 atom stereocenters. The Hall–Kier alpha value is -3.90. The van der Waals surface area contributed by atoms with Gasteiger partial charge >= 0.3 is 5.97 Å². The molecule has 0 aliphatic carbocycles. The number of ether oxygens (including phenoxy) is 1. The van der Waals surface area contributed by atoms with E-state index < -0.39 is 17.9 Å². The van der Waals surface area contributed by atoms with Crippen LogP contribution < -0.4 is 10.9 Å². The molecule has 1 amide bonds. The zero-order chi connectivity index (χ0) is 24.1. The molecule has 7 heteroatoms. The molecule has 4 aromatic rings. The summed E-state index contributed by atoms with van der Waals surface area (Å²) in [4.78, 5) is 41.0. The fourth-order valence-electron chi connectivity index (χ4n) is 3.76. The number of carbonyl (C=O) groups is 2. The Morgan fingerprint density at radius 1 is 1.00 bits per heavy atom. The number of rotatable bonds is 7. The van der Waals surface area contributed by atoms with Crippen molar-refractivity contribution < 1.29 is 14.3 Å². The quantitative estimate of drug-likeness (QED) is 0.384. The number of aromatic amines is 1. The third-order valence-corrected chi connectivity index (χ3v) is 5.67. The largest absolute Gasteiger partial charge is 0.459 e. The number of carbonyl (C=O) groups excluding carboxylic acids is 2. The molecule has 0 fully saturated rings. The number of hydrogen-bond acceptors (Lipinski definition) is 4. The minimum Gasteiger partial charge on any atom is -0.459 e. The zero-order valence-corrected chi connectivity index (χ0v) is 19.3. The Bertz CT molecular complexity index is 1400. The lowest BCUT2D eigenvalue weighted by Crippen LogP contribution is -2.43. The topological polar surface area (TPSA) is 88.3 Å². The molecule has 6 nitrogen and oxygen atoms in total. The number of para-hydroxylation sites is 1. The smallest absolute Gasteiger partial charge is 0.329 e. The third kappa shape index (κ3) is 5.71. The second-order valence-corrected chi connectivity index (χ2v) is 8.47. The van der Waals surface area contributed by atoms with Crippen LogP contribution in [0.25, 0.3) is 10.9 Å². The highest BCUT2D eigenvalue weighted by molar-refractivity contribution is 6.30. The van der Waals surface area contributed by atoms with E-state index in [4.69, 9.17) is 16.3 Å². The van der Waals surface area contributed by atoms with E-state index in [1.165, 1.54) is 6.07 Å². The highest BCUT2D eigenvalue weighted by atomic mass is 35.5. The summed E-state index contributed by atoms with van der Waals surface area (Å²) in [6, 6.07) is 21.8. The molecule has 0 aliphatic rings. The van der Waals surface area contributed by atoms with E-state index in [9.17, 15) is 14.4 Å². The molecule has 1 heterocycles. The average molecular weight is 475 g/mol. The van der Waals surface area contributed by atoms with Crippen LogP contribution in [0.5, 0.6) is 0 Å². The maximum absolute atomic E-state index is 13.1. The number of aryl methyl sites for hydroxylation is 1. The first kappa shape index (κ1) is 23.3. The molecule has 4 rings (SSSR count). The van der Waals surface area contributed by atoms with E-state index in [0.717, 1.165) is 16.5 Å². The predicted molar refractivity (Wildman–Crippen MR) is 132 cm³/mol. The Labute approximate surface area is 201 Å². The van der Waals surface area contributed by atoms with Crippen molar-refractivity contribution in [3.63, 3.8) is 0 Å². The van der Waals surface area contributed by atoms with Crippen molar-refractivity contribution in [3.8, 4) is 0 Å². The van der Waals surface area contributed by atoms with Crippen molar-refractivity contribution in [1.82, 2.24) is 10.3 Å². The van der Waals surface area contributed by atoms with Crippen molar-refractivity contribution in [1.29, 1.82) is 0 Å². The van der Waals surface area contributed by atoms with Crippen LogP contribution in [0.2, 0.25) is 5.02 Å². The van der Waals surface area contributed by atoms with Gasteiger partial charge in [0.1, 0.15) is 12.6 Å². The SMILES string of the molecule is Cc1cccc(COC(=O)C(Cc2cc(=O)[nH]c3ccccc23)NC(=O)c2ccc(Cl)cc2)c1. The summed E-state index contributed by atoms with van der Waals surface area (Å²) >= 11 is 5.92. The van der Waals surface area contributed by atoms with E-state index in [0.29, 0.717) is 21.7 Å². The zero-order valence-electron chi connectivity index (χ0n) is 18.5. The summed E-state index contributed by atoms with van der Waals surface area (Å²) < 4.78 is 5.55. The number of amides is 1. The van der Waals surface area contributed by atoms with E-state index in [1.54, 1.807) is 30.3 Å². The second-order valence-electron chi connectivity index (χ2n) is 8.04. The number of aromatic nitrogens is 1. The number of esters is 1. The maximum Gasteiger partial charge on any atom is 0.329 e. The van der Waals surface area contributed by atoms with Crippen LogP contribution in [-0.4, -0.2) is 22.9 Å². The molecule has 1 aromatic heterocycles. The molecule has 3 aromatic carbocycles. The standard InChI is InChI=1S/C27H23ClN2O4/c1-17-5-4-6-18(13-17)16-34-27(33)24(30-26(32)19-9-11-21(28)12-10-19)14-20-15-25(31)29-23-8-3-2-7-22(20)23/h2-13,15,24H,14,16H2,1H3,(H,29,31)(H,30,32). The monoisotopic (exact) mass is 474 g/mol. The molecule has 172 valence electrons. The van der Waals surface area contributed by atoms with Crippen molar-refractivity contribution in [2.45, 2.75) is 26.0 Å². The normalized spacial score (nSPS) is 11.7. The molecule has 0 bridgehead atoms. The van der Waals surface area contributed by atoms with Crippen LogP contribution in [-0.2, 0) is 22.6 Å². The molecule has 1 unspecified atom stereocenters. The first-order valence-electron chi connectivity index (χ1n) is 10.8. The minimum absolute atomic E-state index is 0.0734. The van der Waals surface area contributed by atoms with Crippen molar-refractivity contribution in [2.75, 3.05) is 0 Å². The van der Waals surface area contributed by atoms with Crippen molar-refractivity contribution in [2.24, 2.45) is 0 Å². The fraction of sp³-hybridized carbons (Fsp3) is 0.148. The highest BCUT2D eigenvalue weighted by Crippen LogP contribution is 2.18. The van der Waals surface area contributed by atoms with Crippen LogP contribution >= 0.6 is 11.6 Å². The van der Waals surface area contributed by atoms with Crippen LogP contribution in [0.1, 0.15) is 27.0 Å².